The Bertz CT molecular complexity index is 465. The molecule has 1 aromatic heterocycles. The lowest BCUT2D eigenvalue weighted by Crippen LogP contribution is -2.13. The Morgan fingerprint density at radius 3 is 3.00 bits per heavy atom. The highest BCUT2D eigenvalue weighted by Crippen LogP contribution is 2.29. The Balaban J connectivity index is 2.40. The van der Waals surface area contributed by atoms with Crippen molar-refractivity contribution in [3.63, 3.8) is 0 Å². The summed E-state index contributed by atoms with van der Waals surface area (Å²) < 4.78 is 5.35. The number of nitrogens with one attached hydrogen (secondary N) is 1. The van der Waals surface area contributed by atoms with Gasteiger partial charge in [-0.1, -0.05) is 0 Å². The minimum absolute atomic E-state index is 0.145. The minimum Gasteiger partial charge on any atom is -0.438 e. The van der Waals surface area contributed by atoms with Crippen LogP contribution in [0.5, 0.6) is 0 Å². The summed E-state index contributed by atoms with van der Waals surface area (Å²) in [6.07, 6.45) is 0.124. The van der Waals surface area contributed by atoms with Crippen molar-refractivity contribution in [1.82, 2.24) is 10.3 Å². The first-order chi connectivity index (χ1) is 7.58. The maximum atomic E-state index is 10.8. The lowest BCUT2D eigenvalue weighted by atomic mass is 10.2. The molecule has 1 aliphatic rings. The first-order valence-corrected chi connectivity index (χ1v) is 5.11. The van der Waals surface area contributed by atoms with Gasteiger partial charge in [-0.05, 0) is 15.9 Å². The number of alkyl carbamates (subject to hydrolysis) is 1. The van der Waals surface area contributed by atoms with Crippen LogP contribution in [0.25, 0.3) is 0 Å². The topological polar surface area (TPSA) is 94.4 Å². The van der Waals surface area contributed by atoms with Crippen LogP contribution in [0, 0.1) is 10.1 Å². The number of aromatic nitrogens is 1. The van der Waals surface area contributed by atoms with Crippen molar-refractivity contribution >= 4 is 27.7 Å². The molecule has 1 N–H and O–H groups in total. The van der Waals surface area contributed by atoms with E-state index in [9.17, 15) is 14.9 Å². The van der Waals surface area contributed by atoms with Crippen molar-refractivity contribution in [3.05, 3.63) is 32.5 Å². The van der Waals surface area contributed by atoms with Crippen molar-refractivity contribution < 1.29 is 14.5 Å². The molecule has 1 aliphatic heterocycles. The van der Waals surface area contributed by atoms with E-state index in [1.165, 1.54) is 12.3 Å². The molecule has 16 heavy (non-hydrogen) atoms. The van der Waals surface area contributed by atoms with Crippen molar-refractivity contribution in [2.24, 2.45) is 0 Å². The number of ether oxygens (including phenoxy) is 1. The Hall–Kier alpha value is -1.70. The molecule has 2 heterocycles. The zero-order valence-electron chi connectivity index (χ0n) is 7.84. The van der Waals surface area contributed by atoms with Crippen LogP contribution in [0.15, 0.2) is 16.7 Å². The molecule has 0 aromatic carbocycles. The number of carbonyl (C=O) groups excluding carboxylic acids is 1. The molecule has 8 heteroatoms. The third-order valence-corrected chi connectivity index (χ3v) is 2.48. The number of cyclic esters (lactones) is 1. The molecule has 0 spiro atoms. The van der Waals surface area contributed by atoms with E-state index in [1.54, 1.807) is 0 Å². The second kappa shape index (κ2) is 4.05. The molecule has 7 nitrogen and oxygen atoms in total. The summed E-state index contributed by atoms with van der Waals surface area (Å²) in [4.78, 5) is 25.0. The molecule has 1 aromatic rings. The predicted octanol–water partition coefficient (Wildman–Crippen LogP) is 1.53. The van der Waals surface area contributed by atoms with Crippen LogP contribution in [0.2, 0.25) is 0 Å². The average Bonchev–Trinajstić information content (AvgIpc) is 2.64. The molecule has 1 amide bonds. The van der Waals surface area contributed by atoms with Gasteiger partial charge in [-0.3, -0.25) is 10.1 Å². The van der Waals surface area contributed by atoms with E-state index in [1.807, 2.05) is 0 Å². The zero-order chi connectivity index (χ0) is 11.7. The standard InChI is InChI=1S/C8H6BrN3O4/c9-4-1-5(12(14)15)7(10-2-4)6-3-11-8(13)16-6/h1-2,6H,3H2,(H,11,13). The maximum Gasteiger partial charge on any atom is 0.408 e. The molecule has 1 atom stereocenters. The number of carbonyl (C=O) groups is 1. The molecule has 0 radical (unpaired) electrons. The van der Waals surface area contributed by atoms with Gasteiger partial charge in [-0.15, -0.1) is 0 Å². The number of amides is 1. The second-order valence-electron chi connectivity index (χ2n) is 3.09. The smallest absolute Gasteiger partial charge is 0.408 e. The number of nitro groups is 1. The molecule has 84 valence electrons. The van der Waals surface area contributed by atoms with Gasteiger partial charge in [0.05, 0.1) is 11.5 Å². The van der Waals surface area contributed by atoms with E-state index in [0.717, 1.165) is 0 Å². The third-order valence-electron chi connectivity index (χ3n) is 2.05. The highest BCUT2D eigenvalue weighted by molar-refractivity contribution is 9.10. The molecule has 1 saturated heterocycles. The first kappa shape index (κ1) is 10.8. The number of rotatable bonds is 2. The van der Waals surface area contributed by atoms with Crippen molar-refractivity contribution in [2.75, 3.05) is 6.54 Å². The van der Waals surface area contributed by atoms with E-state index in [4.69, 9.17) is 4.74 Å². The Labute approximate surface area is 98.1 Å². The summed E-state index contributed by atoms with van der Waals surface area (Å²) >= 11 is 3.09. The van der Waals surface area contributed by atoms with Crippen molar-refractivity contribution in [1.29, 1.82) is 0 Å². The average molecular weight is 288 g/mol. The van der Waals surface area contributed by atoms with Gasteiger partial charge in [-0.2, -0.15) is 0 Å². The van der Waals surface area contributed by atoms with Crippen LogP contribution in [0.4, 0.5) is 10.5 Å². The van der Waals surface area contributed by atoms with Crippen molar-refractivity contribution in [2.45, 2.75) is 6.10 Å². The van der Waals surface area contributed by atoms with Crippen LogP contribution in [-0.2, 0) is 4.74 Å². The van der Waals surface area contributed by atoms with Crippen LogP contribution < -0.4 is 5.32 Å². The highest BCUT2D eigenvalue weighted by atomic mass is 79.9. The van der Waals surface area contributed by atoms with Crippen LogP contribution in [0.3, 0.4) is 0 Å². The largest absolute Gasteiger partial charge is 0.438 e. The fraction of sp³-hybridized carbons (Fsp3) is 0.250. The first-order valence-electron chi connectivity index (χ1n) is 4.32. The lowest BCUT2D eigenvalue weighted by Gasteiger charge is -2.07. The van der Waals surface area contributed by atoms with Gasteiger partial charge in [0.1, 0.15) is 0 Å². The van der Waals surface area contributed by atoms with E-state index < -0.39 is 17.1 Å². The summed E-state index contributed by atoms with van der Waals surface area (Å²) in [7, 11) is 0. The number of halogens is 1. The fourth-order valence-corrected chi connectivity index (χ4v) is 1.69. The van der Waals surface area contributed by atoms with Gasteiger partial charge >= 0.3 is 6.09 Å². The lowest BCUT2D eigenvalue weighted by molar-refractivity contribution is -0.386. The summed E-state index contributed by atoms with van der Waals surface area (Å²) in [5.41, 5.74) is -0.0255. The van der Waals surface area contributed by atoms with E-state index in [-0.39, 0.29) is 17.9 Å². The number of hydrogen-bond donors (Lipinski definition) is 1. The molecule has 1 fully saturated rings. The van der Waals surface area contributed by atoms with Gasteiger partial charge in [0.25, 0.3) is 5.69 Å². The van der Waals surface area contributed by atoms with E-state index in [2.05, 4.69) is 26.2 Å². The number of pyridine rings is 1. The molecular formula is C8H6BrN3O4. The highest BCUT2D eigenvalue weighted by Gasteiger charge is 2.31. The number of hydrogen-bond acceptors (Lipinski definition) is 5. The van der Waals surface area contributed by atoms with Gasteiger partial charge in [-0.25, -0.2) is 9.78 Å². The molecule has 0 aliphatic carbocycles. The Morgan fingerprint density at radius 2 is 2.44 bits per heavy atom. The monoisotopic (exact) mass is 287 g/mol. The zero-order valence-corrected chi connectivity index (χ0v) is 9.43. The van der Waals surface area contributed by atoms with Crippen LogP contribution >= 0.6 is 15.9 Å². The minimum atomic E-state index is -0.707. The van der Waals surface area contributed by atoms with Crippen LogP contribution in [0.1, 0.15) is 11.8 Å². The maximum absolute atomic E-state index is 10.8. The fourth-order valence-electron chi connectivity index (χ4n) is 1.37. The summed E-state index contributed by atoms with van der Waals surface area (Å²) in [6.45, 7) is 0.189. The van der Waals surface area contributed by atoms with Gasteiger partial charge in [0.15, 0.2) is 11.8 Å². The molecule has 1 unspecified atom stereocenters. The van der Waals surface area contributed by atoms with E-state index in [0.29, 0.717) is 4.47 Å². The molecule has 0 bridgehead atoms. The molecule has 0 saturated carbocycles. The second-order valence-corrected chi connectivity index (χ2v) is 4.01. The predicted molar refractivity (Wildman–Crippen MR) is 55.8 cm³/mol. The summed E-state index contributed by atoms with van der Waals surface area (Å²) in [5, 5.41) is 13.2. The SMILES string of the molecule is O=C1NCC(c2ncc(Br)cc2[N+](=O)[O-])O1. The summed E-state index contributed by atoms with van der Waals surface area (Å²) in [5.74, 6) is 0. The van der Waals surface area contributed by atoms with E-state index >= 15 is 0 Å². The molecule has 2 rings (SSSR count). The Morgan fingerprint density at radius 1 is 1.69 bits per heavy atom. The Kier molecular flexibility index (Phi) is 2.73. The van der Waals surface area contributed by atoms with Crippen molar-refractivity contribution in [3.8, 4) is 0 Å². The van der Waals surface area contributed by atoms with Crippen LogP contribution in [-0.4, -0.2) is 22.5 Å². The quantitative estimate of drug-likeness (QED) is 0.657. The summed E-state index contributed by atoms with van der Waals surface area (Å²) in [6, 6.07) is 1.33. The van der Waals surface area contributed by atoms with Gasteiger partial charge in [0, 0.05) is 16.7 Å². The third kappa shape index (κ3) is 1.96. The van der Waals surface area contributed by atoms with Gasteiger partial charge in [0.2, 0.25) is 0 Å². The van der Waals surface area contributed by atoms with Gasteiger partial charge < -0.3 is 10.1 Å². The molecular weight excluding hydrogens is 282 g/mol. The number of nitrogens with zero attached hydrogens (tertiary/aromatic N) is 2. The normalized spacial score (nSPS) is 19.1.